The molecule has 7 nitrogen and oxygen atoms in total. The number of carbonyl (C=O) groups excluding carboxylic acids is 1. The number of aromatic nitrogens is 1. The number of rotatable bonds is 6. The van der Waals surface area contributed by atoms with E-state index in [1.165, 1.54) is 11.3 Å². The fourth-order valence-electron chi connectivity index (χ4n) is 1.25. The molecule has 1 rings (SSSR count). The number of amides is 2. The van der Waals surface area contributed by atoms with Crippen molar-refractivity contribution in [3.05, 3.63) is 16.1 Å². The van der Waals surface area contributed by atoms with Crippen molar-refractivity contribution in [2.45, 2.75) is 25.9 Å². The molecule has 0 aliphatic heterocycles. The van der Waals surface area contributed by atoms with Crippen molar-refractivity contribution < 1.29 is 19.8 Å². The molecule has 1 unspecified atom stereocenters. The fourth-order valence-corrected chi connectivity index (χ4v) is 1.98. The van der Waals surface area contributed by atoms with E-state index in [1.807, 2.05) is 6.92 Å². The molecular formula is C10H15N3O4S. The van der Waals surface area contributed by atoms with Gasteiger partial charge in [0, 0.05) is 24.1 Å². The molecule has 1 aromatic rings. The quantitative estimate of drug-likeness (QED) is 0.587. The molecule has 0 bridgehead atoms. The number of carbonyl (C=O) groups is 2. The second-order valence-electron chi connectivity index (χ2n) is 3.58. The van der Waals surface area contributed by atoms with Gasteiger partial charge in [-0.05, 0) is 6.92 Å². The lowest BCUT2D eigenvalue weighted by molar-refractivity contribution is -0.139. The highest BCUT2D eigenvalue weighted by molar-refractivity contribution is 7.11. The van der Waals surface area contributed by atoms with Crippen LogP contribution in [0.15, 0.2) is 6.20 Å². The molecule has 1 aromatic heterocycles. The van der Waals surface area contributed by atoms with Gasteiger partial charge in [-0.15, -0.1) is 11.3 Å². The second-order valence-corrected chi connectivity index (χ2v) is 4.90. The number of thiazole rings is 1. The molecule has 8 heteroatoms. The number of aliphatic hydroxyl groups is 1. The van der Waals surface area contributed by atoms with Crippen molar-refractivity contribution in [3.63, 3.8) is 0 Å². The summed E-state index contributed by atoms with van der Waals surface area (Å²) in [5.41, 5.74) is 0. The third kappa shape index (κ3) is 4.68. The average Bonchev–Trinajstić information content (AvgIpc) is 2.72. The summed E-state index contributed by atoms with van der Waals surface area (Å²) >= 11 is 1.46. The molecule has 1 atom stereocenters. The molecule has 4 N–H and O–H groups in total. The van der Waals surface area contributed by atoms with Gasteiger partial charge >= 0.3 is 12.0 Å². The van der Waals surface area contributed by atoms with Crippen LogP contribution < -0.4 is 10.6 Å². The van der Waals surface area contributed by atoms with Crippen LogP contribution in [0.3, 0.4) is 0 Å². The van der Waals surface area contributed by atoms with Crippen molar-refractivity contribution >= 4 is 23.3 Å². The van der Waals surface area contributed by atoms with Gasteiger partial charge < -0.3 is 20.8 Å². The standard InChI is InChI=1S/C10H15N3O4S/c1-6-11-4-7(18-6)5-12-10(17)13-8(2-3-14)9(15)16/h4,8,14H,2-3,5H2,1H3,(H,15,16)(H2,12,13,17). The first-order valence-corrected chi connectivity index (χ1v) is 6.14. The highest BCUT2D eigenvalue weighted by Gasteiger charge is 2.18. The molecule has 0 radical (unpaired) electrons. The summed E-state index contributed by atoms with van der Waals surface area (Å²) in [6, 6.07) is -1.67. The minimum atomic E-state index is -1.17. The van der Waals surface area contributed by atoms with Crippen molar-refractivity contribution in [3.8, 4) is 0 Å². The molecule has 0 saturated carbocycles. The summed E-state index contributed by atoms with van der Waals surface area (Å²) in [5, 5.41) is 23.1. The highest BCUT2D eigenvalue weighted by Crippen LogP contribution is 2.10. The molecule has 100 valence electrons. The van der Waals surface area contributed by atoms with Gasteiger partial charge in [-0.1, -0.05) is 0 Å². The summed E-state index contributed by atoms with van der Waals surface area (Å²) in [4.78, 5) is 27.1. The zero-order valence-electron chi connectivity index (χ0n) is 9.84. The predicted molar refractivity (Wildman–Crippen MR) is 65.3 cm³/mol. The number of aryl methyl sites for hydroxylation is 1. The molecule has 18 heavy (non-hydrogen) atoms. The molecule has 0 aliphatic rings. The van der Waals surface area contributed by atoms with Crippen LogP contribution in [0.5, 0.6) is 0 Å². The Morgan fingerprint density at radius 1 is 1.56 bits per heavy atom. The number of aliphatic hydroxyl groups excluding tert-OH is 1. The van der Waals surface area contributed by atoms with Crippen LogP contribution in [0.4, 0.5) is 4.79 Å². The fraction of sp³-hybridized carbons (Fsp3) is 0.500. The van der Waals surface area contributed by atoms with E-state index in [-0.39, 0.29) is 13.0 Å². The maximum absolute atomic E-state index is 11.4. The van der Waals surface area contributed by atoms with Crippen molar-refractivity contribution in [1.29, 1.82) is 0 Å². The second kappa shape index (κ2) is 6.92. The van der Waals surface area contributed by atoms with Crippen LogP contribution in [0.2, 0.25) is 0 Å². The summed E-state index contributed by atoms with van der Waals surface area (Å²) < 4.78 is 0. The van der Waals surface area contributed by atoms with Gasteiger partial charge in [0.2, 0.25) is 0 Å². The van der Waals surface area contributed by atoms with Crippen LogP contribution in [0, 0.1) is 6.92 Å². The monoisotopic (exact) mass is 273 g/mol. The van der Waals surface area contributed by atoms with Crippen molar-refractivity contribution in [1.82, 2.24) is 15.6 Å². The average molecular weight is 273 g/mol. The Morgan fingerprint density at radius 3 is 2.78 bits per heavy atom. The molecule has 0 fully saturated rings. The van der Waals surface area contributed by atoms with Gasteiger partial charge in [0.25, 0.3) is 0 Å². The van der Waals surface area contributed by atoms with Gasteiger partial charge in [-0.2, -0.15) is 0 Å². The zero-order chi connectivity index (χ0) is 13.5. The first-order chi connectivity index (χ1) is 8.52. The first kappa shape index (κ1) is 14.4. The largest absolute Gasteiger partial charge is 0.480 e. The Morgan fingerprint density at radius 2 is 2.28 bits per heavy atom. The number of hydrogen-bond acceptors (Lipinski definition) is 5. The number of carboxylic acids is 1. The SMILES string of the molecule is Cc1ncc(CNC(=O)NC(CCO)C(=O)O)s1. The Hall–Kier alpha value is -1.67. The molecule has 0 aromatic carbocycles. The number of hydrogen-bond donors (Lipinski definition) is 4. The topological polar surface area (TPSA) is 112 Å². The number of nitrogens with one attached hydrogen (secondary N) is 2. The van der Waals surface area contributed by atoms with E-state index in [0.29, 0.717) is 6.54 Å². The van der Waals surface area contributed by atoms with E-state index < -0.39 is 18.0 Å². The third-order valence-electron chi connectivity index (χ3n) is 2.11. The maximum Gasteiger partial charge on any atom is 0.326 e. The molecule has 2 amide bonds. The number of aliphatic carboxylic acids is 1. The third-order valence-corrected chi connectivity index (χ3v) is 3.03. The van der Waals surface area contributed by atoms with E-state index in [2.05, 4.69) is 15.6 Å². The van der Waals surface area contributed by atoms with Gasteiger partial charge in [0.1, 0.15) is 6.04 Å². The minimum absolute atomic E-state index is 0.0254. The van der Waals surface area contributed by atoms with E-state index in [1.54, 1.807) is 6.20 Å². The van der Waals surface area contributed by atoms with Crippen molar-refractivity contribution in [2.24, 2.45) is 0 Å². The van der Waals surface area contributed by atoms with Gasteiger partial charge in [0.05, 0.1) is 11.6 Å². The highest BCUT2D eigenvalue weighted by atomic mass is 32.1. The summed E-state index contributed by atoms with van der Waals surface area (Å²) in [5.74, 6) is -1.17. The molecular weight excluding hydrogens is 258 g/mol. The van der Waals surface area contributed by atoms with Crippen LogP contribution >= 0.6 is 11.3 Å². The van der Waals surface area contributed by atoms with E-state index >= 15 is 0 Å². The summed E-state index contributed by atoms with van der Waals surface area (Å²) in [6.07, 6.45) is 1.63. The summed E-state index contributed by atoms with van der Waals surface area (Å²) in [6.45, 7) is 1.85. The lowest BCUT2D eigenvalue weighted by atomic mass is 10.2. The summed E-state index contributed by atoms with van der Waals surface area (Å²) in [7, 11) is 0. The van der Waals surface area contributed by atoms with Crippen molar-refractivity contribution in [2.75, 3.05) is 6.61 Å². The Bertz CT molecular complexity index is 421. The molecule has 1 heterocycles. The number of carboxylic acid groups (broad SMARTS) is 1. The molecule has 0 saturated heterocycles. The smallest absolute Gasteiger partial charge is 0.326 e. The van der Waals surface area contributed by atoms with E-state index in [0.717, 1.165) is 9.88 Å². The Kier molecular flexibility index (Phi) is 5.53. The van der Waals surface area contributed by atoms with Gasteiger partial charge in [0.15, 0.2) is 0 Å². The van der Waals surface area contributed by atoms with Crippen LogP contribution in [-0.4, -0.2) is 39.8 Å². The Labute approximate surface area is 108 Å². The number of nitrogens with zero attached hydrogens (tertiary/aromatic N) is 1. The molecule has 0 aliphatic carbocycles. The van der Waals surface area contributed by atoms with Crippen LogP contribution in [0.1, 0.15) is 16.3 Å². The predicted octanol–water partition coefficient (Wildman–Crippen LogP) is 0.0863. The maximum atomic E-state index is 11.4. The van der Waals surface area contributed by atoms with Gasteiger partial charge in [-0.3, -0.25) is 0 Å². The van der Waals surface area contributed by atoms with Crippen LogP contribution in [0.25, 0.3) is 0 Å². The first-order valence-electron chi connectivity index (χ1n) is 5.32. The van der Waals surface area contributed by atoms with E-state index in [9.17, 15) is 9.59 Å². The zero-order valence-corrected chi connectivity index (χ0v) is 10.7. The Balaban J connectivity index is 2.38. The normalized spacial score (nSPS) is 11.9. The minimum Gasteiger partial charge on any atom is -0.480 e. The van der Waals surface area contributed by atoms with Gasteiger partial charge in [-0.25, -0.2) is 14.6 Å². The van der Waals surface area contributed by atoms with E-state index in [4.69, 9.17) is 10.2 Å². The van der Waals surface area contributed by atoms with Crippen LogP contribution in [-0.2, 0) is 11.3 Å². The molecule has 0 spiro atoms. The lowest BCUT2D eigenvalue weighted by Gasteiger charge is -2.13. The number of urea groups is 1. The lowest BCUT2D eigenvalue weighted by Crippen LogP contribution is -2.46.